The molecule has 0 aromatic carbocycles. The molecule has 0 saturated heterocycles. The van der Waals surface area contributed by atoms with Gasteiger partial charge < -0.3 is 10.6 Å². The van der Waals surface area contributed by atoms with E-state index in [2.05, 4.69) is 25.6 Å². The molecule has 0 fully saturated rings. The molecule has 0 spiro atoms. The van der Waals surface area contributed by atoms with Gasteiger partial charge in [-0.05, 0) is 26.8 Å². The van der Waals surface area contributed by atoms with Crippen LogP contribution in [0.3, 0.4) is 0 Å². The van der Waals surface area contributed by atoms with E-state index in [1.54, 1.807) is 5.38 Å². The van der Waals surface area contributed by atoms with E-state index in [4.69, 9.17) is 0 Å². The van der Waals surface area contributed by atoms with Gasteiger partial charge in [0.25, 0.3) is 5.91 Å². The van der Waals surface area contributed by atoms with Crippen molar-refractivity contribution in [1.82, 2.24) is 20.3 Å². The third-order valence-corrected chi connectivity index (χ3v) is 3.03. The van der Waals surface area contributed by atoms with Gasteiger partial charge in [0, 0.05) is 23.3 Å². The summed E-state index contributed by atoms with van der Waals surface area (Å²) in [4.78, 5) is 24.3. The number of hydrogen-bond acceptors (Lipinski definition) is 6. The first-order chi connectivity index (χ1) is 9.08. The summed E-state index contributed by atoms with van der Waals surface area (Å²) in [6.07, 6.45) is 0. The number of thiazole rings is 1. The van der Waals surface area contributed by atoms with E-state index in [9.17, 15) is 4.79 Å². The Kier molecular flexibility index (Phi) is 4.06. The Morgan fingerprint density at radius 3 is 2.58 bits per heavy atom. The second-order valence-electron chi connectivity index (χ2n) is 4.00. The summed E-state index contributed by atoms with van der Waals surface area (Å²) in [7, 11) is 0. The smallest absolute Gasteiger partial charge is 0.270 e. The minimum absolute atomic E-state index is 0.173. The Labute approximate surface area is 115 Å². The molecule has 0 bridgehead atoms. The number of carbonyl (C=O) groups excluding carboxylic acids is 1. The average molecular weight is 277 g/mol. The summed E-state index contributed by atoms with van der Waals surface area (Å²) < 4.78 is 0. The highest BCUT2D eigenvalue weighted by atomic mass is 32.1. The van der Waals surface area contributed by atoms with Gasteiger partial charge in [0.1, 0.15) is 5.69 Å². The van der Waals surface area contributed by atoms with Crippen LogP contribution >= 0.6 is 11.3 Å². The van der Waals surface area contributed by atoms with Gasteiger partial charge in [-0.2, -0.15) is 0 Å². The van der Waals surface area contributed by atoms with E-state index in [0.717, 1.165) is 11.4 Å². The van der Waals surface area contributed by atoms with Crippen LogP contribution in [0, 0.1) is 13.8 Å². The Bertz CT molecular complexity index is 575. The van der Waals surface area contributed by atoms with Gasteiger partial charge in [0.15, 0.2) is 5.13 Å². The highest BCUT2D eigenvalue weighted by molar-refractivity contribution is 7.14. The zero-order valence-electron chi connectivity index (χ0n) is 11.0. The van der Waals surface area contributed by atoms with Crippen molar-refractivity contribution >= 4 is 28.3 Å². The molecule has 19 heavy (non-hydrogen) atoms. The first-order valence-electron chi connectivity index (χ1n) is 5.91. The molecule has 0 unspecified atom stereocenters. The van der Waals surface area contributed by atoms with Crippen LogP contribution in [0.1, 0.15) is 28.8 Å². The van der Waals surface area contributed by atoms with Crippen molar-refractivity contribution in [3.8, 4) is 0 Å². The SMILES string of the molecule is CCNC(=O)c1csc(Nc2nc(C)cc(C)n2)n1. The fraction of sp³-hybridized carbons (Fsp3) is 0.333. The van der Waals surface area contributed by atoms with E-state index >= 15 is 0 Å². The summed E-state index contributed by atoms with van der Waals surface area (Å²) in [5.74, 6) is 0.322. The highest BCUT2D eigenvalue weighted by Crippen LogP contribution is 2.19. The van der Waals surface area contributed by atoms with E-state index in [1.807, 2.05) is 26.8 Å². The third-order valence-electron chi connectivity index (χ3n) is 2.28. The topological polar surface area (TPSA) is 79.8 Å². The molecule has 0 saturated carbocycles. The number of amides is 1. The van der Waals surface area contributed by atoms with Gasteiger partial charge >= 0.3 is 0 Å². The molecular weight excluding hydrogens is 262 g/mol. The molecule has 2 N–H and O–H groups in total. The summed E-state index contributed by atoms with van der Waals surface area (Å²) in [6, 6.07) is 1.90. The maximum Gasteiger partial charge on any atom is 0.270 e. The van der Waals surface area contributed by atoms with Gasteiger partial charge in [-0.15, -0.1) is 11.3 Å². The molecule has 0 radical (unpaired) electrons. The van der Waals surface area contributed by atoms with E-state index in [1.165, 1.54) is 11.3 Å². The van der Waals surface area contributed by atoms with Crippen LogP contribution in [-0.2, 0) is 0 Å². The third kappa shape index (κ3) is 3.47. The lowest BCUT2D eigenvalue weighted by Crippen LogP contribution is -2.22. The van der Waals surface area contributed by atoms with Crippen molar-refractivity contribution in [3.05, 3.63) is 28.5 Å². The van der Waals surface area contributed by atoms with Crippen molar-refractivity contribution in [3.63, 3.8) is 0 Å². The first-order valence-corrected chi connectivity index (χ1v) is 6.79. The largest absolute Gasteiger partial charge is 0.351 e. The number of aryl methyl sites for hydroxylation is 2. The van der Waals surface area contributed by atoms with Crippen molar-refractivity contribution in [2.24, 2.45) is 0 Å². The molecule has 2 aromatic rings. The standard InChI is InChI=1S/C12H15N5OS/c1-4-13-10(18)9-6-19-12(16-9)17-11-14-7(2)5-8(3)15-11/h5-6H,4H2,1-3H3,(H,13,18)(H,14,15,16,17). The lowest BCUT2D eigenvalue weighted by Gasteiger charge is -2.03. The van der Waals surface area contributed by atoms with E-state index in [0.29, 0.717) is 23.3 Å². The Morgan fingerprint density at radius 2 is 1.95 bits per heavy atom. The van der Waals surface area contributed by atoms with Gasteiger partial charge in [0.05, 0.1) is 0 Å². The molecule has 2 heterocycles. The van der Waals surface area contributed by atoms with Crippen LogP contribution in [0.5, 0.6) is 0 Å². The number of rotatable bonds is 4. The molecule has 0 atom stereocenters. The number of nitrogens with zero attached hydrogens (tertiary/aromatic N) is 3. The fourth-order valence-electron chi connectivity index (χ4n) is 1.56. The van der Waals surface area contributed by atoms with Crippen LogP contribution in [0.25, 0.3) is 0 Å². The van der Waals surface area contributed by atoms with Gasteiger partial charge in [-0.1, -0.05) is 0 Å². The molecular formula is C12H15N5OS. The molecule has 6 nitrogen and oxygen atoms in total. The maximum absolute atomic E-state index is 11.6. The monoisotopic (exact) mass is 277 g/mol. The number of nitrogens with one attached hydrogen (secondary N) is 2. The fourth-order valence-corrected chi connectivity index (χ4v) is 2.25. The molecule has 0 aliphatic rings. The number of carbonyl (C=O) groups is 1. The average Bonchev–Trinajstić information content (AvgIpc) is 2.76. The minimum Gasteiger partial charge on any atom is -0.351 e. The maximum atomic E-state index is 11.6. The van der Waals surface area contributed by atoms with Crippen molar-refractivity contribution in [2.45, 2.75) is 20.8 Å². The summed E-state index contributed by atoms with van der Waals surface area (Å²) >= 11 is 1.35. The number of anilines is 2. The molecule has 100 valence electrons. The second kappa shape index (κ2) is 5.75. The minimum atomic E-state index is -0.173. The van der Waals surface area contributed by atoms with Gasteiger partial charge in [-0.25, -0.2) is 15.0 Å². The lowest BCUT2D eigenvalue weighted by molar-refractivity contribution is 0.0951. The van der Waals surface area contributed by atoms with Gasteiger partial charge in [0.2, 0.25) is 5.95 Å². The zero-order chi connectivity index (χ0) is 13.8. The summed E-state index contributed by atoms with van der Waals surface area (Å²) in [5, 5.41) is 8.02. The Hall–Kier alpha value is -2.02. The summed E-state index contributed by atoms with van der Waals surface area (Å²) in [5.41, 5.74) is 2.17. The van der Waals surface area contributed by atoms with Crippen LogP contribution in [-0.4, -0.2) is 27.4 Å². The highest BCUT2D eigenvalue weighted by Gasteiger charge is 2.10. The molecule has 1 amide bonds. The van der Waals surface area contributed by atoms with Crippen molar-refractivity contribution < 1.29 is 4.79 Å². The first kappa shape index (κ1) is 13.4. The molecule has 0 aliphatic carbocycles. The molecule has 0 aliphatic heterocycles. The lowest BCUT2D eigenvalue weighted by atomic mass is 10.4. The predicted octanol–water partition coefficient (Wildman–Crippen LogP) is 2.04. The molecule has 2 rings (SSSR count). The van der Waals surface area contributed by atoms with Crippen LogP contribution in [0.4, 0.5) is 11.1 Å². The number of hydrogen-bond donors (Lipinski definition) is 2. The van der Waals surface area contributed by atoms with Crippen LogP contribution < -0.4 is 10.6 Å². The van der Waals surface area contributed by atoms with Crippen molar-refractivity contribution in [1.29, 1.82) is 0 Å². The summed E-state index contributed by atoms with van der Waals surface area (Å²) in [6.45, 7) is 6.26. The van der Waals surface area contributed by atoms with Crippen LogP contribution in [0.15, 0.2) is 11.4 Å². The molecule has 7 heteroatoms. The zero-order valence-corrected chi connectivity index (χ0v) is 11.8. The Balaban J connectivity index is 2.13. The normalized spacial score (nSPS) is 10.3. The quantitative estimate of drug-likeness (QED) is 0.894. The number of aromatic nitrogens is 3. The van der Waals surface area contributed by atoms with E-state index in [-0.39, 0.29) is 5.91 Å². The van der Waals surface area contributed by atoms with Gasteiger partial charge in [-0.3, -0.25) is 4.79 Å². The van der Waals surface area contributed by atoms with E-state index < -0.39 is 0 Å². The van der Waals surface area contributed by atoms with Crippen molar-refractivity contribution in [2.75, 3.05) is 11.9 Å². The Morgan fingerprint density at radius 1 is 1.26 bits per heavy atom. The van der Waals surface area contributed by atoms with Crippen LogP contribution in [0.2, 0.25) is 0 Å². The second-order valence-corrected chi connectivity index (χ2v) is 4.85. The predicted molar refractivity (Wildman–Crippen MR) is 74.9 cm³/mol. The molecule has 2 aromatic heterocycles.